The van der Waals surface area contributed by atoms with E-state index in [0.717, 1.165) is 24.8 Å². The van der Waals surface area contributed by atoms with E-state index < -0.39 is 11.6 Å². The third-order valence-corrected chi connectivity index (χ3v) is 3.22. The maximum absolute atomic E-state index is 11.7. The molecule has 3 heteroatoms. The van der Waals surface area contributed by atoms with Gasteiger partial charge >= 0.3 is 5.97 Å². The molecule has 0 saturated carbocycles. The summed E-state index contributed by atoms with van der Waals surface area (Å²) in [6.07, 6.45) is 3.18. The smallest absolute Gasteiger partial charge is 0.342 e. The monoisotopic (exact) mass is 220 g/mol. The van der Waals surface area contributed by atoms with E-state index in [1.807, 2.05) is 24.3 Å². The predicted molar refractivity (Wildman–Crippen MR) is 59.9 cm³/mol. The van der Waals surface area contributed by atoms with Crippen molar-refractivity contribution in [3.63, 3.8) is 0 Å². The number of aliphatic hydroxyl groups is 1. The van der Waals surface area contributed by atoms with E-state index >= 15 is 0 Å². The highest BCUT2D eigenvalue weighted by atomic mass is 16.5. The lowest BCUT2D eigenvalue weighted by Crippen LogP contribution is -2.36. The number of aryl methyl sites for hydroxylation is 1. The van der Waals surface area contributed by atoms with Crippen molar-refractivity contribution >= 4 is 5.97 Å². The van der Waals surface area contributed by atoms with Gasteiger partial charge in [0.05, 0.1) is 7.11 Å². The molecule has 0 radical (unpaired) electrons. The first kappa shape index (κ1) is 11.1. The number of carbonyl (C=O) groups is 1. The molecule has 0 fully saturated rings. The van der Waals surface area contributed by atoms with Gasteiger partial charge in [0.2, 0.25) is 0 Å². The molecule has 1 atom stereocenters. The minimum atomic E-state index is -1.46. The maximum atomic E-state index is 11.7. The second-order valence-corrected chi connectivity index (χ2v) is 4.22. The van der Waals surface area contributed by atoms with Gasteiger partial charge in [-0.05, 0) is 36.8 Å². The molecule has 0 bridgehead atoms. The number of esters is 1. The van der Waals surface area contributed by atoms with Crippen LogP contribution in [-0.4, -0.2) is 18.2 Å². The normalized spacial score (nSPS) is 24.4. The molecule has 2 rings (SSSR count). The van der Waals surface area contributed by atoms with Crippen molar-refractivity contribution < 1.29 is 14.6 Å². The highest BCUT2D eigenvalue weighted by molar-refractivity contribution is 5.81. The Morgan fingerprint density at radius 2 is 2.12 bits per heavy atom. The minimum absolute atomic E-state index is 0.441. The van der Waals surface area contributed by atoms with Crippen molar-refractivity contribution in [1.29, 1.82) is 0 Å². The molecule has 1 aromatic rings. The summed E-state index contributed by atoms with van der Waals surface area (Å²) in [5.41, 5.74) is 0.300. The molecule has 1 aliphatic carbocycles. The van der Waals surface area contributed by atoms with Crippen LogP contribution in [-0.2, 0) is 21.6 Å². The molecule has 0 amide bonds. The van der Waals surface area contributed by atoms with E-state index in [1.165, 1.54) is 7.11 Å². The molecule has 0 heterocycles. The molecule has 16 heavy (non-hydrogen) atoms. The lowest BCUT2D eigenvalue weighted by atomic mass is 9.88. The fourth-order valence-corrected chi connectivity index (χ4v) is 2.35. The summed E-state index contributed by atoms with van der Waals surface area (Å²) in [5.74, 6) is -0.554. The van der Waals surface area contributed by atoms with Crippen LogP contribution in [0, 0.1) is 0 Å². The van der Waals surface area contributed by atoms with Crippen LogP contribution in [0.4, 0.5) is 0 Å². The lowest BCUT2D eigenvalue weighted by molar-refractivity contribution is -0.164. The van der Waals surface area contributed by atoms with Gasteiger partial charge in [0.15, 0.2) is 5.60 Å². The Bertz CT molecular complexity index is 400. The van der Waals surface area contributed by atoms with Crippen molar-refractivity contribution in [3.8, 4) is 0 Å². The van der Waals surface area contributed by atoms with E-state index in [4.69, 9.17) is 4.74 Å². The third kappa shape index (κ3) is 1.71. The second-order valence-electron chi connectivity index (χ2n) is 4.22. The van der Waals surface area contributed by atoms with Gasteiger partial charge in [-0.1, -0.05) is 24.3 Å². The fourth-order valence-electron chi connectivity index (χ4n) is 2.35. The number of ether oxygens (including phenoxy) is 1. The average Bonchev–Trinajstić information content (AvgIpc) is 2.49. The molecule has 0 aliphatic heterocycles. The van der Waals surface area contributed by atoms with Gasteiger partial charge in [-0.15, -0.1) is 0 Å². The number of carbonyl (C=O) groups excluding carboxylic acids is 1. The number of hydrogen-bond donors (Lipinski definition) is 1. The van der Waals surface area contributed by atoms with Crippen LogP contribution in [0.2, 0.25) is 0 Å². The summed E-state index contributed by atoms with van der Waals surface area (Å²) in [5, 5.41) is 10.5. The second kappa shape index (κ2) is 4.26. The Morgan fingerprint density at radius 3 is 2.88 bits per heavy atom. The standard InChI is InChI=1S/C13H16O3/c1-16-12(14)13(15)9-5-4-7-10-6-2-3-8-11(10)13/h2-3,6,8,15H,4-5,7,9H2,1H3. The van der Waals surface area contributed by atoms with Gasteiger partial charge < -0.3 is 9.84 Å². The first-order chi connectivity index (χ1) is 7.68. The van der Waals surface area contributed by atoms with Crippen LogP contribution in [0.5, 0.6) is 0 Å². The average molecular weight is 220 g/mol. The molecular formula is C13H16O3. The first-order valence-corrected chi connectivity index (χ1v) is 5.57. The number of hydrogen-bond acceptors (Lipinski definition) is 3. The van der Waals surface area contributed by atoms with Crippen LogP contribution < -0.4 is 0 Å². The summed E-state index contributed by atoms with van der Waals surface area (Å²) in [7, 11) is 1.31. The molecule has 3 nitrogen and oxygen atoms in total. The van der Waals surface area contributed by atoms with E-state index in [2.05, 4.69) is 0 Å². The Hall–Kier alpha value is -1.35. The molecule has 0 saturated heterocycles. The Balaban J connectivity index is 2.50. The zero-order valence-electron chi connectivity index (χ0n) is 9.40. The zero-order chi connectivity index (χ0) is 11.6. The van der Waals surface area contributed by atoms with Gasteiger partial charge in [0, 0.05) is 0 Å². The van der Waals surface area contributed by atoms with Crippen LogP contribution in [0.1, 0.15) is 30.4 Å². The predicted octanol–water partition coefficient (Wildman–Crippen LogP) is 1.77. The fraction of sp³-hybridized carbons (Fsp3) is 0.462. The topological polar surface area (TPSA) is 46.5 Å². The van der Waals surface area contributed by atoms with E-state index in [-0.39, 0.29) is 0 Å². The lowest BCUT2D eigenvalue weighted by Gasteiger charge is -2.25. The van der Waals surface area contributed by atoms with Gasteiger partial charge in [-0.2, -0.15) is 0 Å². The molecule has 0 aromatic heterocycles. The van der Waals surface area contributed by atoms with Gasteiger partial charge in [-0.25, -0.2) is 4.79 Å². The molecule has 1 unspecified atom stereocenters. The number of benzene rings is 1. The van der Waals surface area contributed by atoms with Crippen molar-refractivity contribution in [3.05, 3.63) is 35.4 Å². The summed E-state index contributed by atoms with van der Waals surface area (Å²) in [6.45, 7) is 0. The number of fused-ring (bicyclic) bond motifs is 1. The van der Waals surface area contributed by atoms with Crippen LogP contribution in [0.25, 0.3) is 0 Å². The molecular weight excluding hydrogens is 204 g/mol. The number of rotatable bonds is 1. The van der Waals surface area contributed by atoms with Crippen molar-refractivity contribution in [2.24, 2.45) is 0 Å². The molecule has 1 aliphatic rings. The number of methoxy groups -OCH3 is 1. The van der Waals surface area contributed by atoms with Gasteiger partial charge in [-0.3, -0.25) is 0 Å². The summed E-state index contributed by atoms with van der Waals surface area (Å²) >= 11 is 0. The summed E-state index contributed by atoms with van der Waals surface area (Å²) in [6, 6.07) is 7.56. The molecule has 0 spiro atoms. The minimum Gasteiger partial charge on any atom is -0.467 e. The van der Waals surface area contributed by atoms with E-state index in [9.17, 15) is 9.90 Å². The quantitative estimate of drug-likeness (QED) is 0.579. The van der Waals surface area contributed by atoms with Crippen LogP contribution in [0.15, 0.2) is 24.3 Å². The SMILES string of the molecule is COC(=O)C1(O)CCCCc2ccccc21. The van der Waals surface area contributed by atoms with Gasteiger partial charge in [0.25, 0.3) is 0 Å². The first-order valence-electron chi connectivity index (χ1n) is 5.57. The summed E-state index contributed by atoms with van der Waals surface area (Å²) < 4.78 is 4.72. The van der Waals surface area contributed by atoms with E-state index in [0.29, 0.717) is 12.0 Å². The Morgan fingerprint density at radius 1 is 1.38 bits per heavy atom. The van der Waals surface area contributed by atoms with Crippen molar-refractivity contribution in [2.75, 3.05) is 7.11 Å². The van der Waals surface area contributed by atoms with Crippen LogP contribution >= 0.6 is 0 Å². The van der Waals surface area contributed by atoms with Gasteiger partial charge in [0.1, 0.15) is 0 Å². The maximum Gasteiger partial charge on any atom is 0.342 e. The largest absolute Gasteiger partial charge is 0.467 e. The highest BCUT2D eigenvalue weighted by Gasteiger charge is 2.41. The van der Waals surface area contributed by atoms with Crippen LogP contribution in [0.3, 0.4) is 0 Å². The third-order valence-electron chi connectivity index (χ3n) is 3.22. The molecule has 1 aromatic carbocycles. The Labute approximate surface area is 95.0 Å². The molecule has 1 N–H and O–H groups in total. The van der Waals surface area contributed by atoms with Crippen molar-refractivity contribution in [2.45, 2.75) is 31.3 Å². The Kier molecular flexibility index (Phi) is 2.97. The zero-order valence-corrected chi connectivity index (χ0v) is 9.40. The summed E-state index contributed by atoms with van der Waals surface area (Å²) in [4.78, 5) is 11.7. The van der Waals surface area contributed by atoms with Crippen molar-refractivity contribution in [1.82, 2.24) is 0 Å². The highest BCUT2D eigenvalue weighted by Crippen LogP contribution is 2.34. The van der Waals surface area contributed by atoms with E-state index in [1.54, 1.807) is 0 Å². The molecule has 86 valence electrons.